The fraction of sp³-hybridized carbons (Fsp3) is 0.529. The molecule has 0 atom stereocenters. The van der Waals surface area contributed by atoms with E-state index >= 15 is 0 Å². The summed E-state index contributed by atoms with van der Waals surface area (Å²) in [6, 6.07) is 7.78. The van der Waals surface area contributed by atoms with E-state index in [1.54, 1.807) is 12.1 Å². The number of benzene rings is 1. The SMILES string of the molecule is CC(C)n1c(CN2CCCCC2)cc2c(F)cccc21. The van der Waals surface area contributed by atoms with Crippen molar-refractivity contribution in [2.75, 3.05) is 13.1 Å². The van der Waals surface area contributed by atoms with Gasteiger partial charge in [0.2, 0.25) is 0 Å². The summed E-state index contributed by atoms with van der Waals surface area (Å²) in [4.78, 5) is 2.49. The van der Waals surface area contributed by atoms with Crippen molar-refractivity contribution in [3.05, 3.63) is 35.8 Å². The summed E-state index contributed by atoms with van der Waals surface area (Å²) < 4.78 is 16.3. The molecule has 0 N–H and O–H groups in total. The molecule has 0 unspecified atom stereocenters. The van der Waals surface area contributed by atoms with E-state index in [1.807, 2.05) is 12.1 Å². The van der Waals surface area contributed by atoms with E-state index in [-0.39, 0.29) is 5.82 Å². The Hall–Kier alpha value is -1.35. The highest BCUT2D eigenvalue weighted by atomic mass is 19.1. The number of nitrogens with zero attached hydrogens (tertiary/aromatic N) is 2. The number of halogens is 1. The van der Waals surface area contributed by atoms with E-state index in [0.717, 1.165) is 17.4 Å². The first-order valence-corrected chi connectivity index (χ1v) is 7.67. The van der Waals surface area contributed by atoms with Crippen LogP contribution in [0.1, 0.15) is 44.8 Å². The van der Waals surface area contributed by atoms with Crippen molar-refractivity contribution < 1.29 is 4.39 Å². The molecule has 0 bridgehead atoms. The highest BCUT2D eigenvalue weighted by molar-refractivity contribution is 5.82. The first-order chi connectivity index (χ1) is 9.66. The van der Waals surface area contributed by atoms with E-state index < -0.39 is 0 Å². The largest absolute Gasteiger partial charge is 0.341 e. The molecule has 20 heavy (non-hydrogen) atoms. The van der Waals surface area contributed by atoms with Gasteiger partial charge >= 0.3 is 0 Å². The van der Waals surface area contributed by atoms with Crippen molar-refractivity contribution in [2.24, 2.45) is 0 Å². The van der Waals surface area contributed by atoms with Gasteiger partial charge in [0.05, 0.1) is 5.52 Å². The minimum absolute atomic E-state index is 0.109. The second kappa shape index (κ2) is 5.57. The third-order valence-corrected chi connectivity index (χ3v) is 4.26. The molecule has 0 aliphatic carbocycles. The molecule has 1 aliphatic heterocycles. The van der Waals surface area contributed by atoms with E-state index in [1.165, 1.54) is 38.0 Å². The highest BCUT2D eigenvalue weighted by Crippen LogP contribution is 2.27. The lowest BCUT2D eigenvalue weighted by Crippen LogP contribution is -2.30. The minimum Gasteiger partial charge on any atom is -0.341 e. The third kappa shape index (κ3) is 2.47. The van der Waals surface area contributed by atoms with Gasteiger partial charge in [-0.1, -0.05) is 12.5 Å². The molecule has 3 heteroatoms. The van der Waals surface area contributed by atoms with Crippen LogP contribution >= 0.6 is 0 Å². The van der Waals surface area contributed by atoms with E-state index in [9.17, 15) is 4.39 Å². The van der Waals surface area contributed by atoms with Gasteiger partial charge in [0, 0.05) is 23.7 Å². The molecule has 1 saturated heterocycles. The molecule has 3 rings (SSSR count). The van der Waals surface area contributed by atoms with Gasteiger partial charge in [0.1, 0.15) is 5.82 Å². The Kier molecular flexibility index (Phi) is 3.79. The molecule has 2 nitrogen and oxygen atoms in total. The van der Waals surface area contributed by atoms with Gasteiger partial charge in [-0.15, -0.1) is 0 Å². The maximum absolute atomic E-state index is 14.0. The van der Waals surface area contributed by atoms with Crippen LogP contribution in [-0.4, -0.2) is 22.6 Å². The summed E-state index contributed by atoms with van der Waals surface area (Å²) in [5.74, 6) is -0.109. The van der Waals surface area contributed by atoms with Gasteiger partial charge in [-0.3, -0.25) is 4.90 Å². The molecule has 2 heterocycles. The van der Waals surface area contributed by atoms with Crippen molar-refractivity contribution in [2.45, 2.75) is 45.7 Å². The molecule has 0 radical (unpaired) electrons. The Labute approximate surface area is 120 Å². The number of piperidine rings is 1. The second-order valence-electron chi connectivity index (χ2n) is 6.11. The standard InChI is InChI=1S/C17H23FN2/c1-13(2)20-14(12-19-9-4-3-5-10-19)11-15-16(18)7-6-8-17(15)20/h6-8,11,13H,3-5,9-10,12H2,1-2H3. The number of likely N-dealkylation sites (tertiary alicyclic amines) is 1. The fourth-order valence-corrected chi connectivity index (χ4v) is 3.35. The van der Waals surface area contributed by atoms with Crippen LogP contribution < -0.4 is 0 Å². The van der Waals surface area contributed by atoms with Crippen LogP contribution in [0.15, 0.2) is 24.3 Å². The molecular formula is C17H23FN2. The summed E-state index contributed by atoms with van der Waals surface area (Å²) in [7, 11) is 0. The third-order valence-electron chi connectivity index (χ3n) is 4.26. The second-order valence-corrected chi connectivity index (χ2v) is 6.11. The molecule has 2 aromatic rings. The maximum Gasteiger partial charge on any atom is 0.132 e. The number of aromatic nitrogens is 1. The maximum atomic E-state index is 14.0. The fourth-order valence-electron chi connectivity index (χ4n) is 3.35. The van der Waals surface area contributed by atoms with Gasteiger partial charge in [-0.2, -0.15) is 0 Å². The molecular weight excluding hydrogens is 251 g/mol. The van der Waals surface area contributed by atoms with Crippen LogP contribution in [0.25, 0.3) is 10.9 Å². The summed E-state index contributed by atoms with van der Waals surface area (Å²) in [5.41, 5.74) is 2.26. The molecule has 1 aromatic heterocycles. The van der Waals surface area contributed by atoms with Gasteiger partial charge in [-0.05, 0) is 58.0 Å². The normalized spacial score (nSPS) is 17.2. The van der Waals surface area contributed by atoms with Crippen LogP contribution in [0.3, 0.4) is 0 Å². The Balaban J connectivity index is 2.00. The Morgan fingerprint density at radius 1 is 1.15 bits per heavy atom. The summed E-state index contributed by atoms with van der Waals surface area (Å²) in [5, 5.41) is 0.758. The molecule has 1 fully saturated rings. The number of hydrogen-bond donors (Lipinski definition) is 0. The molecule has 0 spiro atoms. The van der Waals surface area contributed by atoms with Gasteiger partial charge < -0.3 is 4.57 Å². The van der Waals surface area contributed by atoms with Crippen molar-refractivity contribution in [1.82, 2.24) is 9.47 Å². The van der Waals surface area contributed by atoms with E-state index in [4.69, 9.17) is 0 Å². The lowest BCUT2D eigenvalue weighted by molar-refractivity contribution is 0.215. The van der Waals surface area contributed by atoms with Crippen LogP contribution in [0.2, 0.25) is 0 Å². The van der Waals surface area contributed by atoms with Gasteiger partial charge in [-0.25, -0.2) is 4.39 Å². The Morgan fingerprint density at radius 2 is 1.90 bits per heavy atom. The molecule has 1 aromatic carbocycles. The Bertz CT molecular complexity index is 594. The Morgan fingerprint density at radius 3 is 2.60 bits per heavy atom. The van der Waals surface area contributed by atoms with Crippen molar-refractivity contribution in [3.8, 4) is 0 Å². The first kappa shape index (κ1) is 13.6. The summed E-state index contributed by atoms with van der Waals surface area (Å²) >= 11 is 0. The summed E-state index contributed by atoms with van der Waals surface area (Å²) in [6.45, 7) is 7.62. The number of fused-ring (bicyclic) bond motifs is 1. The van der Waals surface area contributed by atoms with E-state index in [0.29, 0.717) is 6.04 Å². The number of hydrogen-bond acceptors (Lipinski definition) is 1. The zero-order chi connectivity index (χ0) is 14.1. The quantitative estimate of drug-likeness (QED) is 0.808. The van der Waals surface area contributed by atoms with Crippen LogP contribution in [0.5, 0.6) is 0 Å². The molecule has 1 aliphatic rings. The van der Waals surface area contributed by atoms with Crippen molar-refractivity contribution in [3.63, 3.8) is 0 Å². The topological polar surface area (TPSA) is 8.17 Å². The highest BCUT2D eigenvalue weighted by Gasteiger charge is 2.17. The lowest BCUT2D eigenvalue weighted by Gasteiger charge is -2.27. The molecule has 0 saturated carbocycles. The number of rotatable bonds is 3. The lowest BCUT2D eigenvalue weighted by atomic mass is 10.1. The predicted octanol–water partition coefficient (Wildman–Crippen LogP) is 4.35. The molecule has 108 valence electrons. The monoisotopic (exact) mass is 274 g/mol. The zero-order valence-corrected chi connectivity index (χ0v) is 12.4. The van der Waals surface area contributed by atoms with Crippen molar-refractivity contribution >= 4 is 10.9 Å². The van der Waals surface area contributed by atoms with Gasteiger partial charge in [0.15, 0.2) is 0 Å². The zero-order valence-electron chi connectivity index (χ0n) is 12.4. The minimum atomic E-state index is -0.109. The first-order valence-electron chi connectivity index (χ1n) is 7.67. The summed E-state index contributed by atoms with van der Waals surface area (Å²) in [6.07, 6.45) is 3.92. The predicted molar refractivity (Wildman–Crippen MR) is 81.4 cm³/mol. The average Bonchev–Trinajstić information content (AvgIpc) is 2.79. The van der Waals surface area contributed by atoms with Crippen molar-refractivity contribution in [1.29, 1.82) is 0 Å². The van der Waals surface area contributed by atoms with Gasteiger partial charge in [0.25, 0.3) is 0 Å². The van der Waals surface area contributed by atoms with Crippen LogP contribution in [0.4, 0.5) is 4.39 Å². The van der Waals surface area contributed by atoms with E-state index in [2.05, 4.69) is 23.3 Å². The van der Waals surface area contributed by atoms with Crippen LogP contribution in [0, 0.1) is 5.82 Å². The average molecular weight is 274 g/mol. The molecule has 0 amide bonds. The smallest absolute Gasteiger partial charge is 0.132 e. The van der Waals surface area contributed by atoms with Crippen LogP contribution in [-0.2, 0) is 6.54 Å².